The molecule has 1 aliphatic carbocycles. The number of likely N-dealkylation sites (tertiary alicyclic amines) is 1. The standard InChI is InChI=1S/C19H29N3O/c1-16-3-2-4-18(20-16)14-21-9-7-19(8-10-21)15-23-12-11-22(19)13-17-5-6-17/h2-4,17H,5-15H2,1H3. The van der Waals surface area contributed by atoms with Crippen LogP contribution in [0, 0.1) is 12.8 Å². The predicted octanol–water partition coefficient (Wildman–Crippen LogP) is 2.47. The molecule has 3 fully saturated rings. The molecule has 2 aliphatic heterocycles. The van der Waals surface area contributed by atoms with Crippen molar-refractivity contribution in [2.24, 2.45) is 5.92 Å². The van der Waals surface area contributed by atoms with Crippen LogP contribution in [-0.2, 0) is 11.3 Å². The maximum atomic E-state index is 5.89. The lowest BCUT2D eigenvalue weighted by Gasteiger charge is -2.51. The molecular formula is C19H29N3O. The summed E-state index contributed by atoms with van der Waals surface area (Å²) >= 11 is 0. The SMILES string of the molecule is Cc1cccc(CN2CCC3(CC2)COCCN3CC2CC2)n1. The van der Waals surface area contributed by atoms with E-state index in [1.54, 1.807) is 0 Å². The smallest absolute Gasteiger partial charge is 0.0652 e. The Morgan fingerprint density at radius 3 is 2.78 bits per heavy atom. The summed E-state index contributed by atoms with van der Waals surface area (Å²) in [6, 6.07) is 6.35. The molecule has 0 aromatic carbocycles. The summed E-state index contributed by atoms with van der Waals surface area (Å²) < 4.78 is 5.89. The fourth-order valence-electron chi connectivity index (χ4n) is 4.17. The van der Waals surface area contributed by atoms with Crippen molar-refractivity contribution >= 4 is 0 Å². The second-order valence-corrected chi connectivity index (χ2v) is 7.71. The van der Waals surface area contributed by atoms with Crippen LogP contribution < -0.4 is 0 Å². The van der Waals surface area contributed by atoms with Gasteiger partial charge >= 0.3 is 0 Å². The zero-order valence-electron chi connectivity index (χ0n) is 14.3. The van der Waals surface area contributed by atoms with E-state index in [2.05, 4.69) is 39.9 Å². The van der Waals surface area contributed by atoms with E-state index < -0.39 is 0 Å². The molecule has 0 unspecified atom stereocenters. The van der Waals surface area contributed by atoms with Crippen molar-refractivity contribution in [3.05, 3.63) is 29.6 Å². The van der Waals surface area contributed by atoms with Gasteiger partial charge in [-0.05, 0) is 50.7 Å². The molecule has 1 spiro atoms. The van der Waals surface area contributed by atoms with Gasteiger partial charge < -0.3 is 4.74 Å². The Kier molecular flexibility index (Phi) is 4.39. The Morgan fingerprint density at radius 2 is 2.04 bits per heavy atom. The third-order valence-corrected chi connectivity index (χ3v) is 5.84. The largest absolute Gasteiger partial charge is 0.378 e. The van der Waals surface area contributed by atoms with Gasteiger partial charge in [0.2, 0.25) is 0 Å². The molecule has 3 heterocycles. The molecule has 1 saturated carbocycles. The van der Waals surface area contributed by atoms with E-state index in [1.165, 1.54) is 51.0 Å². The van der Waals surface area contributed by atoms with Crippen molar-refractivity contribution in [2.45, 2.75) is 44.7 Å². The lowest BCUT2D eigenvalue weighted by Crippen LogP contribution is -2.61. The van der Waals surface area contributed by atoms with Crippen LogP contribution in [0.1, 0.15) is 37.1 Å². The van der Waals surface area contributed by atoms with Crippen LogP contribution in [0.4, 0.5) is 0 Å². The van der Waals surface area contributed by atoms with E-state index in [0.29, 0.717) is 5.54 Å². The molecular weight excluding hydrogens is 286 g/mol. The average Bonchev–Trinajstić information content (AvgIpc) is 3.36. The third-order valence-electron chi connectivity index (χ3n) is 5.84. The van der Waals surface area contributed by atoms with E-state index in [0.717, 1.165) is 37.9 Å². The number of ether oxygens (including phenoxy) is 1. The van der Waals surface area contributed by atoms with Gasteiger partial charge in [-0.2, -0.15) is 0 Å². The summed E-state index contributed by atoms with van der Waals surface area (Å²) in [5, 5.41) is 0. The molecule has 4 nitrogen and oxygen atoms in total. The zero-order chi connectivity index (χ0) is 15.7. The maximum Gasteiger partial charge on any atom is 0.0652 e. The van der Waals surface area contributed by atoms with Gasteiger partial charge in [-0.25, -0.2) is 0 Å². The Bertz CT molecular complexity index is 535. The van der Waals surface area contributed by atoms with E-state index in [1.807, 2.05) is 0 Å². The number of hydrogen-bond acceptors (Lipinski definition) is 4. The first-order valence-corrected chi connectivity index (χ1v) is 9.21. The lowest BCUT2D eigenvalue weighted by molar-refractivity contribution is -0.0971. The molecule has 0 N–H and O–H groups in total. The molecule has 4 heteroatoms. The Balaban J connectivity index is 1.37. The molecule has 23 heavy (non-hydrogen) atoms. The minimum atomic E-state index is 0.317. The molecule has 3 aliphatic rings. The van der Waals surface area contributed by atoms with Crippen LogP contribution in [-0.4, -0.2) is 59.7 Å². The van der Waals surface area contributed by atoms with E-state index in [-0.39, 0.29) is 0 Å². The molecule has 0 radical (unpaired) electrons. The molecule has 0 bridgehead atoms. The van der Waals surface area contributed by atoms with E-state index >= 15 is 0 Å². The number of morpholine rings is 1. The monoisotopic (exact) mass is 315 g/mol. The lowest BCUT2D eigenvalue weighted by atomic mass is 9.85. The van der Waals surface area contributed by atoms with Crippen LogP contribution in [0.2, 0.25) is 0 Å². The highest BCUT2D eigenvalue weighted by Crippen LogP contribution is 2.37. The fraction of sp³-hybridized carbons (Fsp3) is 0.737. The summed E-state index contributed by atoms with van der Waals surface area (Å²) in [5.74, 6) is 0.972. The minimum Gasteiger partial charge on any atom is -0.378 e. The van der Waals surface area contributed by atoms with Gasteiger partial charge in [0, 0.05) is 44.0 Å². The van der Waals surface area contributed by atoms with E-state index in [9.17, 15) is 0 Å². The average molecular weight is 315 g/mol. The number of piperidine rings is 1. The second-order valence-electron chi connectivity index (χ2n) is 7.71. The molecule has 1 aromatic heterocycles. The number of aryl methyl sites for hydroxylation is 1. The van der Waals surface area contributed by atoms with Crippen molar-refractivity contribution in [3.63, 3.8) is 0 Å². The van der Waals surface area contributed by atoms with Crippen LogP contribution in [0.5, 0.6) is 0 Å². The molecule has 4 rings (SSSR count). The number of hydrogen-bond donors (Lipinski definition) is 0. The molecule has 1 aromatic rings. The van der Waals surface area contributed by atoms with Gasteiger partial charge in [0.05, 0.1) is 18.9 Å². The first-order chi connectivity index (χ1) is 11.2. The van der Waals surface area contributed by atoms with Crippen LogP contribution in [0.3, 0.4) is 0 Å². The Morgan fingerprint density at radius 1 is 1.22 bits per heavy atom. The summed E-state index contributed by atoms with van der Waals surface area (Å²) in [6.07, 6.45) is 5.37. The highest BCUT2D eigenvalue weighted by Gasteiger charge is 2.43. The third kappa shape index (κ3) is 3.59. The van der Waals surface area contributed by atoms with Gasteiger partial charge in [0.1, 0.15) is 0 Å². The fourth-order valence-corrected chi connectivity index (χ4v) is 4.17. The number of aromatic nitrogens is 1. The van der Waals surface area contributed by atoms with Gasteiger partial charge in [0.15, 0.2) is 0 Å². The predicted molar refractivity (Wildman–Crippen MR) is 91.3 cm³/mol. The van der Waals surface area contributed by atoms with Crippen molar-refractivity contribution in [3.8, 4) is 0 Å². The Labute approximate surface area is 139 Å². The van der Waals surface area contributed by atoms with Crippen molar-refractivity contribution < 1.29 is 4.74 Å². The van der Waals surface area contributed by atoms with Crippen LogP contribution in [0.25, 0.3) is 0 Å². The quantitative estimate of drug-likeness (QED) is 0.853. The topological polar surface area (TPSA) is 28.6 Å². The van der Waals surface area contributed by atoms with Gasteiger partial charge in [-0.15, -0.1) is 0 Å². The number of pyridine rings is 1. The second kappa shape index (κ2) is 6.50. The highest BCUT2D eigenvalue weighted by atomic mass is 16.5. The van der Waals surface area contributed by atoms with Crippen LogP contribution >= 0.6 is 0 Å². The molecule has 2 saturated heterocycles. The summed E-state index contributed by atoms with van der Waals surface area (Å²) in [5.41, 5.74) is 2.64. The first-order valence-electron chi connectivity index (χ1n) is 9.21. The van der Waals surface area contributed by atoms with Gasteiger partial charge in [-0.3, -0.25) is 14.8 Å². The zero-order valence-corrected chi connectivity index (χ0v) is 14.3. The minimum absolute atomic E-state index is 0.317. The highest BCUT2D eigenvalue weighted by molar-refractivity contribution is 5.10. The first kappa shape index (κ1) is 15.6. The van der Waals surface area contributed by atoms with Gasteiger partial charge in [0.25, 0.3) is 0 Å². The summed E-state index contributed by atoms with van der Waals surface area (Å²) in [4.78, 5) is 10.00. The maximum absolute atomic E-state index is 5.89. The number of nitrogens with zero attached hydrogens (tertiary/aromatic N) is 3. The van der Waals surface area contributed by atoms with Crippen LogP contribution in [0.15, 0.2) is 18.2 Å². The van der Waals surface area contributed by atoms with Crippen molar-refractivity contribution in [1.82, 2.24) is 14.8 Å². The molecule has 0 atom stereocenters. The van der Waals surface area contributed by atoms with Gasteiger partial charge in [-0.1, -0.05) is 6.07 Å². The number of rotatable bonds is 4. The molecule has 0 amide bonds. The summed E-state index contributed by atoms with van der Waals surface area (Å²) in [7, 11) is 0. The Hall–Kier alpha value is -0.970. The normalized spacial score (nSPS) is 25.8. The van der Waals surface area contributed by atoms with Crippen molar-refractivity contribution in [1.29, 1.82) is 0 Å². The summed E-state index contributed by atoms with van der Waals surface area (Å²) in [6.45, 7) is 9.70. The van der Waals surface area contributed by atoms with Crippen molar-refractivity contribution in [2.75, 3.05) is 39.4 Å². The molecule has 126 valence electrons. The van der Waals surface area contributed by atoms with E-state index in [4.69, 9.17) is 4.74 Å².